The van der Waals surface area contributed by atoms with Crippen molar-refractivity contribution >= 4 is 34.4 Å². The normalized spacial score (nSPS) is 27.0. The molecule has 9 rings (SSSR count). The van der Waals surface area contributed by atoms with Crippen LogP contribution in [0.1, 0.15) is 89.7 Å². The van der Waals surface area contributed by atoms with Crippen LogP contribution in [0, 0.1) is 5.92 Å². The number of likely N-dealkylation sites (tertiary alicyclic amines) is 2. The Morgan fingerprint density at radius 1 is 1.00 bits per heavy atom. The molecule has 7 heterocycles. The standard InChI is InChI=1S/C40H54N8O3/c1-26(2)47-25-42-34-23-33(44-37(36(34)47)43-29-9-18-51-19-10-29)27-6-7-32-35(20-27)48(31-21-30(22-31)45-14-4-3-5-15-45)39(50)40(32)11-16-46(17-12-40)38(49)28-8-13-41-24-28/h6-7,20,23,25-26,28-31,41H,3-5,8-19,21-22,24H2,1-2H3,(H,43,44)/t28-,30?,31?/m1/s1. The van der Waals surface area contributed by atoms with Crippen molar-refractivity contribution in [1.29, 1.82) is 0 Å². The Hall–Kier alpha value is -3.54. The fraction of sp³-hybridized carbons (Fsp3) is 0.650. The van der Waals surface area contributed by atoms with E-state index < -0.39 is 5.41 Å². The monoisotopic (exact) mass is 694 g/mol. The molecule has 51 heavy (non-hydrogen) atoms. The van der Waals surface area contributed by atoms with Crippen molar-refractivity contribution in [3.63, 3.8) is 0 Å². The Bertz CT molecular complexity index is 1770. The van der Waals surface area contributed by atoms with E-state index in [1.807, 2.05) is 11.2 Å². The van der Waals surface area contributed by atoms with Gasteiger partial charge in [-0.3, -0.25) is 9.59 Å². The molecule has 4 saturated heterocycles. The molecule has 5 fully saturated rings. The van der Waals surface area contributed by atoms with Gasteiger partial charge in [0.05, 0.1) is 28.9 Å². The quantitative estimate of drug-likeness (QED) is 0.352. The number of carbonyl (C=O) groups excluding carboxylic acids is 2. The van der Waals surface area contributed by atoms with Crippen LogP contribution in [0.5, 0.6) is 0 Å². The maximum atomic E-state index is 14.9. The minimum absolute atomic E-state index is 0.0639. The zero-order valence-electron chi connectivity index (χ0n) is 30.4. The van der Waals surface area contributed by atoms with Crippen molar-refractivity contribution < 1.29 is 14.3 Å². The van der Waals surface area contributed by atoms with E-state index in [1.54, 1.807) is 0 Å². The van der Waals surface area contributed by atoms with E-state index in [2.05, 4.69) is 63.1 Å². The third-order valence-electron chi connectivity index (χ3n) is 13.1. The number of nitrogens with zero attached hydrogens (tertiary/aromatic N) is 6. The number of aromatic nitrogens is 3. The summed E-state index contributed by atoms with van der Waals surface area (Å²) in [4.78, 5) is 45.3. The van der Waals surface area contributed by atoms with Gasteiger partial charge < -0.3 is 34.6 Å². The number of hydrogen-bond donors (Lipinski definition) is 2. The van der Waals surface area contributed by atoms with Gasteiger partial charge in [0, 0.05) is 68.3 Å². The van der Waals surface area contributed by atoms with E-state index in [0.717, 1.165) is 97.8 Å². The Kier molecular flexibility index (Phi) is 8.79. The largest absolute Gasteiger partial charge is 0.381 e. The summed E-state index contributed by atoms with van der Waals surface area (Å²) in [7, 11) is 0. The van der Waals surface area contributed by atoms with Crippen LogP contribution in [0.2, 0.25) is 0 Å². The van der Waals surface area contributed by atoms with Gasteiger partial charge in [-0.25, -0.2) is 9.97 Å². The third kappa shape index (κ3) is 5.83. The van der Waals surface area contributed by atoms with Crippen molar-refractivity contribution in [2.24, 2.45) is 5.92 Å². The Labute approximate surface area is 301 Å². The maximum Gasteiger partial charge on any atom is 0.238 e. The first-order valence-corrected chi connectivity index (χ1v) is 19.8. The predicted octanol–water partition coefficient (Wildman–Crippen LogP) is 5.10. The van der Waals surface area contributed by atoms with Crippen molar-refractivity contribution in [2.75, 3.05) is 62.7 Å². The first-order valence-electron chi connectivity index (χ1n) is 19.8. The average Bonchev–Trinajstić information content (AvgIpc) is 3.88. The predicted molar refractivity (Wildman–Crippen MR) is 199 cm³/mol. The molecule has 1 aromatic carbocycles. The zero-order valence-corrected chi connectivity index (χ0v) is 30.4. The van der Waals surface area contributed by atoms with E-state index >= 15 is 0 Å². The number of fused-ring (bicyclic) bond motifs is 3. The summed E-state index contributed by atoms with van der Waals surface area (Å²) in [5, 5.41) is 7.13. The second kappa shape index (κ2) is 13.5. The average molecular weight is 695 g/mol. The number of hydrogen-bond acceptors (Lipinski definition) is 8. The molecule has 11 heteroatoms. The minimum atomic E-state index is -0.585. The molecule has 1 aliphatic carbocycles. The highest BCUT2D eigenvalue weighted by molar-refractivity contribution is 6.09. The first-order chi connectivity index (χ1) is 24.9. The molecular formula is C40H54N8O3. The van der Waals surface area contributed by atoms with Crippen molar-refractivity contribution in [1.82, 2.24) is 29.7 Å². The van der Waals surface area contributed by atoms with Gasteiger partial charge in [-0.2, -0.15) is 0 Å². The molecule has 5 aliphatic heterocycles. The Morgan fingerprint density at radius 2 is 1.78 bits per heavy atom. The molecule has 1 saturated carbocycles. The summed E-state index contributed by atoms with van der Waals surface area (Å²) in [6, 6.07) is 10.0. The van der Waals surface area contributed by atoms with Gasteiger partial charge in [-0.05, 0) is 109 Å². The van der Waals surface area contributed by atoms with E-state index in [9.17, 15) is 9.59 Å². The number of pyridine rings is 1. The van der Waals surface area contributed by atoms with Gasteiger partial charge >= 0.3 is 0 Å². The van der Waals surface area contributed by atoms with Crippen LogP contribution in [0.4, 0.5) is 11.5 Å². The van der Waals surface area contributed by atoms with Crippen molar-refractivity contribution in [3.05, 3.63) is 36.2 Å². The fourth-order valence-electron chi connectivity index (χ4n) is 9.92. The summed E-state index contributed by atoms with van der Waals surface area (Å²) < 4.78 is 7.86. The smallest absolute Gasteiger partial charge is 0.238 e. The summed E-state index contributed by atoms with van der Waals surface area (Å²) in [5.74, 6) is 1.42. The van der Waals surface area contributed by atoms with E-state index in [4.69, 9.17) is 14.7 Å². The topological polar surface area (TPSA) is 108 Å². The van der Waals surface area contributed by atoms with Crippen LogP contribution in [0.3, 0.4) is 0 Å². The fourth-order valence-corrected chi connectivity index (χ4v) is 9.92. The first kappa shape index (κ1) is 33.3. The van der Waals surface area contributed by atoms with E-state index in [1.165, 1.54) is 32.4 Å². The van der Waals surface area contributed by atoms with Crippen LogP contribution in [-0.2, 0) is 19.7 Å². The molecule has 0 bridgehead atoms. The lowest BCUT2D eigenvalue weighted by Gasteiger charge is -2.48. The van der Waals surface area contributed by atoms with Gasteiger partial charge in [-0.15, -0.1) is 0 Å². The molecule has 0 radical (unpaired) electrons. The summed E-state index contributed by atoms with van der Waals surface area (Å²) in [5.41, 5.74) is 5.43. The second-order valence-electron chi connectivity index (χ2n) is 16.4. The van der Waals surface area contributed by atoms with Crippen LogP contribution >= 0.6 is 0 Å². The van der Waals surface area contributed by atoms with Crippen molar-refractivity contribution in [3.8, 4) is 11.3 Å². The zero-order chi connectivity index (χ0) is 34.7. The number of benzene rings is 1. The lowest BCUT2D eigenvalue weighted by atomic mass is 9.73. The second-order valence-corrected chi connectivity index (χ2v) is 16.4. The number of anilines is 2. The van der Waals surface area contributed by atoms with Gasteiger partial charge in [-0.1, -0.05) is 18.6 Å². The Balaban J connectivity index is 1.06. The summed E-state index contributed by atoms with van der Waals surface area (Å²) in [6.07, 6.45) is 12.0. The highest BCUT2D eigenvalue weighted by Crippen LogP contribution is 2.52. The molecule has 11 nitrogen and oxygen atoms in total. The number of amides is 2. The molecule has 6 aliphatic rings. The van der Waals surface area contributed by atoms with Crippen molar-refractivity contribution in [2.45, 2.75) is 108 Å². The van der Waals surface area contributed by atoms with E-state index in [-0.39, 0.29) is 29.8 Å². The van der Waals surface area contributed by atoms with Gasteiger partial charge in [0.15, 0.2) is 5.82 Å². The van der Waals surface area contributed by atoms with E-state index in [0.29, 0.717) is 38.0 Å². The molecule has 3 aromatic rings. The number of ether oxygens (including phenoxy) is 1. The maximum absolute atomic E-state index is 14.9. The van der Waals surface area contributed by atoms with Crippen LogP contribution < -0.4 is 15.5 Å². The third-order valence-corrected chi connectivity index (χ3v) is 13.1. The molecule has 2 N–H and O–H groups in total. The lowest BCUT2D eigenvalue weighted by Crippen LogP contribution is -2.58. The number of carbonyl (C=O) groups is 2. The molecule has 1 spiro atoms. The number of nitrogens with one attached hydrogen (secondary N) is 2. The minimum Gasteiger partial charge on any atom is -0.381 e. The van der Waals surface area contributed by atoms with Crippen LogP contribution in [0.25, 0.3) is 22.3 Å². The molecular weight excluding hydrogens is 640 g/mol. The molecule has 0 unspecified atom stereocenters. The number of imidazole rings is 1. The molecule has 2 aromatic heterocycles. The highest BCUT2D eigenvalue weighted by atomic mass is 16.5. The number of piperidine rings is 2. The van der Waals surface area contributed by atoms with Crippen LogP contribution in [0.15, 0.2) is 30.6 Å². The summed E-state index contributed by atoms with van der Waals surface area (Å²) >= 11 is 0. The molecule has 272 valence electrons. The molecule has 2 amide bonds. The van der Waals surface area contributed by atoms with Gasteiger partial charge in [0.25, 0.3) is 0 Å². The lowest BCUT2D eigenvalue weighted by molar-refractivity contribution is -0.138. The SMILES string of the molecule is CC(C)n1cnc2cc(-c3ccc4c(c3)N(C3CC(N5CCCCC5)C3)C(=O)C43CCN(C(=O)[C@@H]4CCNC4)CC3)nc(NC3CCOCC3)c21. The van der Waals surface area contributed by atoms with Gasteiger partial charge in [0.1, 0.15) is 5.52 Å². The highest BCUT2D eigenvalue weighted by Gasteiger charge is 2.56. The molecule has 1 atom stereocenters. The summed E-state index contributed by atoms with van der Waals surface area (Å²) in [6.45, 7) is 11.2. The van der Waals surface area contributed by atoms with Crippen LogP contribution in [-0.4, -0.2) is 107 Å². The Morgan fingerprint density at radius 3 is 2.51 bits per heavy atom. The van der Waals surface area contributed by atoms with Gasteiger partial charge in [0.2, 0.25) is 11.8 Å². The number of rotatable bonds is 7.